The lowest BCUT2D eigenvalue weighted by Crippen LogP contribution is -2.05. The first-order chi connectivity index (χ1) is 22.1. The molecule has 0 radical (unpaired) electrons. The van der Waals surface area contributed by atoms with Gasteiger partial charge in [0.05, 0.1) is 34.8 Å². The molecular weight excluding hydrogens is 594 g/mol. The maximum Gasteiger partial charge on any atom is 0.339 e. The Kier molecular flexibility index (Phi) is 6.33. The Balaban J connectivity index is 1.29. The van der Waals surface area contributed by atoms with Crippen LogP contribution in [0.15, 0.2) is 85.2 Å². The van der Waals surface area contributed by atoms with Gasteiger partial charge < -0.3 is 20.4 Å². The third kappa shape index (κ3) is 4.57. The maximum atomic E-state index is 12.7. The van der Waals surface area contributed by atoms with Gasteiger partial charge in [0.1, 0.15) is 34.0 Å². The molecule has 0 bridgehead atoms. The van der Waals surface area contributed by atoms with Crippen molar-refractivity contribution in [2.24, 2.45) is 0 Å². The molecule has 3 heterocycles. The summed E-state index contributed by atoms with van der Waals surface area (Å²) in [6.07, 6.45) is 3.29. The van der Waals surface area contributed by atoms with Gasteiger partial charge in [0.15, 0.2) is 0 Å². The molecule has 0 aliphatic heterocycles. The number of aromatic carboxylic acids is 2. The second kappa shape index (κ2) is 10.4. The Bertz CT molecular complexity index is 2240. The van der Waals surface area contributed by atoms with Crippen molar-refractivity contribution in [2.75, 3.05) is 0 Å². The Morgan fingerprint density at radius 1 is 0.609 bits per heavy atom. The van der Waals surface area contributed by atoms with Crippen LogP contribution in [-0.4, -0.2) is 72.8 Å². The molecule has 3 aromatic heterocycles. The van der Waals surface area contributed by atoms with Crippen molar-refractivity contribution in [1.82, 2.24) is 34.6 Å². The average Bonchev–Trinajstić information content (AvgIpc) is 3.78. The van der Waals surface area contributed by atoms with Gasteiger partial charge in [-0.15, -0.1) is 10.2 Å². The maximum absolute atomic E-state index is 12.7. The standard InChI is InChI=1S/C32H21N7O7/c1-16(40)39-27-8-4-19(37-14-25(33-35-37)17-2-6-21(31(43)44)29(41)10-17)12-23(27)24-13-20(5-9-28(24)39)38-15-26(34-36-38)18-3-7-22(32(45)46)30(42)11-18/h2-15,41-42H,1H3,(H,43,44)(H,45,46). The Morgan fingerprint density at radius 3 is 1.41 bits per heavy atom. The van der Waals surface area contributed by atoms with Crippen LogP contribution < -0.4 is 0 Å². The second-order valence-corrected chi connectivity index (χ2v) is 10.4. The van der Waals surface area contributed by atoms with Crippen LogP contribution in [-0.2, 0) is 0 Å². The highest BCUT2D eigenvalue weighted by Crippen LogP contribution is 2.33. The summed E-state index contributed by atoms with van der Waals surface area (Å²) in [6.45, 7) is 1.48. The highest BCUT2D eigenvalue weighted by Gasteiger charge is 2.18. The van der Waals surface area contributed by atoms with E-state index in [-0.39, 0.29) is 28.5 Å². The molecular formula is C32H21N7O7. The molecule has 0 saturated heterocycles. The lowest BCUT2D eigenvalue weighted by Gasteiger charge is -2.04. The number of aromatic nitrogens is 7. The van der Waals surface area contributed by atoms with E-state index in [1.165, 1.54) is 52.7 Å². The van der Waals surface area contributed by atoms with Crippen LogP contribution in [0.3, 0.4) is 0 Å². The predicted molar refractivity (Wildman–Crippen MR) is 164 cm³/mol. The van der Waals surface area contributed by atoms with E-state index in [1.54, 1.807) is 41.2 Å². The molecule has 0 amide bonds. The minimum Gasteiger partial charge on any atom is -0.507 e. The van der Waals surface area contributed by atoms with Crippen molar-refractivity contribution in [1.29, 1.82) is 0 Å². The third-order valence-corrected chi connectivity index (χ3v) is 7.61. The number of rotatable bonds is 6. The summed E-state index contributed by atoms with van der Waals surface area (Å²) in [7, 11) is 0. The smallest absolute Gasteiger partial charge is 0.339 e. The third-order valence-electron chi connectivity index (χ3n) is 7.61. The van der Waals surface area contributed by atoms with E-state index >= 15 is 0 Å². The lowest BCUT2D eigenvalue weighted by atomic mass is 10.1. The van der Waals surface area contributed by atoms with E-state index in [9.17, 15) is 34.8 Å². The van der Waals surface area contributed by atoms with Crippen molar-refractivity contribution < 1.29 is 34.8 Å². The predicted octanol–water partition coefficient (Wildman–Crippen LogP) is 4.76. The molecule has 0 saturated carbocycles. The van der Waals surface area contributed by atoms with E-state index in [2.05, 4.69) is 20.6 Å². The van der Waals surface area contributed by atoms with Crippen molar-refractivity contribution >= 4 is 39.7 Å². The summed E-state index contributed by atoms with van der Waals surface area (Å²) >= 11 is 0. The van der Waals surface area contributed by atoms with E-state index in [1.807, 2.05) is 12.1 Å². The van der Waals surface area contributed by atoms with Gasteiger partial charge in [-0.05, 0) is 60.7 Å². The first-order valence-corrected chi connectivity index (χ1v) is 13.7. The molecule has 226 valence electrons. The fraction of sp³-hybridized carbons (Fsp3) is 0.0312. The van der Waals surface area contributed by atoms with Crippen LogP contribution in [0.25, 0.3) is 55.7 Å². The minimum absolute atomic E-state index is 0.180. The highest BCUT2D eigenvalue weighted by atomic mass is 16.4. The molecule has 0 aliphatic rings. The molecule has 0 fully saturated rings. The van der Waals surface area contributed by atoms with Crippen LogP contribution in [0, 0.1) is 0 Å². The molecule has 7 aromatic rings. The van der Waals surface area contributed by atoms with Crippen LogP contribution in [0.1, 0.15) is 32.4 Å². The molecule has 0 spiro atoms. The Labute approximate surface area is 257 Å². The lowest BCUT2D eigenvalue weighted by molar-refractivity contribution is 0.0682. The summed E-state index contributed by atoms with van der Waals surface area (Å²) in [4.78, 5) is 35.3. The summed E-state index contributed by atoms with van der Waals surface area (Å²) in [6, 6.07) is 19.2. The zero-order valence-electron chi connectivity index (χ0n) is 23.7. The molecule has 0 unspecified atom stereocenters. The first kappa shape index (κ1) is 28.0. The largest absolute Gasteiger partial charge is 0.507 e. The van der Waals surface area contributed by atoms with Crippen LogP contribution in [0.4, 0.5) is 0 Å². The van der Waals surface area contributed by atoms with Crippen LogP contribution >= 0.6 is 0 Å². The fourth-order valence-electron chi connectivity index (χ4n) is 5.41. The number of hydrogen-bond donors (Lipinski definition) is 4. The summed E-state index contributed by atoms with van der Waals surface area (Å²) in [5.41, 5.74) is 3.95. The summed E-state index contributed by atoms with van der Waals surface area (Å²) in [5.74, 6) is -3.44. The number of aromatic hydroxyl groups is 2. The number of phenols is 2. The summed E-state index contributed by atoms with van der Waals surface area (Å²) in [5, 5.41) is 56.9. The second-order valence-electron chi connectivity index (χ2n) is 10.4. The molecule has 0 atom stereocenters. The number of carbonyl (C=O) groups is 3. The molecule has 46 heavy (non-hydrogen) atoms. The van der Waals surface area contributed by atoms with Crippen LogP contribution in [0.2, 0.25) is 0 Å². The number of nitrogens with zero attached hydrogens (tertiary/aromatic N) is 7. The molecule has 4 aromatic carbocycles. The van der Waals surface area contributed by atoms with Crippen LogP contribution in [0.5, 0.6) is 11.5 Å². The first-order valence-electron chi connectivity index (χ1n) is 13.7. The topological polar surface area (TPSA) is 198 Å². The number of fused-ring (bicyclic) bond motifs is 3. The van der Waals surface area contributed by atoms with Gasteiger partial charge in [0.25, 0.3) is 0 Å². The van der Waals surface area contributed by atoms with Crippen molar-refractivity contribution in [3.05, 3.63) is 96.3 Å². The molecule has 14 nitrogen and oxygen atoms in total. The SMILES string of the molecule is CC(=O)n1c2ccc(-n3cc(-c4ccc(C(=O)O)c(O)c4)nn3)cc2c2cc(-n3cc(-c4ccc(C(=O)O)c(O)c4)nn3)ccc21. The molecule has 4 N–H and O–H groups in total. The van der Waals surface area contributed by atoms with Gasteiger partial charge in [-0.1, -0.05) is 22.6 Å². The quantitative estimate of drug-likeness (QED) is 0.201. The summed E-state index contributed by atoms with van der Waals surface area (Å²) < 4.78 is 4.68. The highest BCUT2D eigenvalue weighted by molar-refractivity contribution is 6.14. The number of carbonyl (C=O) groups excluding carboxylic acids is 1. The fourth-order valence-corrected chi connectivity index (χ4v) is 5.41. The van der Waals surface area contributed by atoms with E-state index in [0.717, 1.165) is 10.8 Å². The van der Waals surface area contributed by atoms with Gasteiger partial charge in [-0.25, -0.2) is 19.0 Å². The van der Waals surface area contributed by atoms with Gasteiger partial charge in [-0.2, -0.15) is 0 Å². The Hall–Kier alpha value is -6.83. The van der Waals surface area contributed by atoms with E-state index < -0.39 is 11.9 Å². The zero-order chi connectivity index (χ0) is 32.3. The van der Waals surface area contributed by atoms with Gasteiger partial charge >= 0.3 is 11.9 Å². The van der Waals surface area contributed by atoms with Gasteiger partial charge in [0.2, 0.25) is 5.91 Å². The number of carboxylic acids is 2. The minimum atomic E-state index is -1.24. The molecule has 14 heteroatoms. The normalized spacial score (nSPS) is 11.3. The number of carboxylic acid groups (broad SMARTS) is 2. The molecule has 7 rings (SSSR count). The van der Waals surface area contributed by atoms with Crippen molar-refractivity contribution in [3.63, 3.8) is 0 Å². The Morgan fingerprint density at radius 2 is 1.04 bits per heavy atom. The molecule has 0 aliphatic carbocycles. The van der Waals surface area contributed by atoms with Gasteiger partial charge in [0, 0.05) is 28.8 Å². The van der Waals surface area contributed by atoms with E-state index in [4.69, 9.17) is 0 Å². The number of hydrogen-bond acceptors (Lipinski definition) is 9. The monoisotopic (exact) mass is 615 g/mol. The van der Waals surface area contributed by atoms with Crippen molar-refractivity contribution in [3.8, 4) is 45.4 Å². The van der Waals surface area contributed by atoms with Gasteiger partial charge in [-0.3, -0.25) is 9.36 Å². The number of benzene rings is 4. The average molecular weight is 616 g/mol. The zero-order valence-corrected chi connectivity index (χ0v) is 23.7. The van der Waals surface area contributed by atoms with Crippen molar-refractivity contribution in [2.45, 2.75) is 6.92 Å². The van der Waals surface area contributed by atoms with E-state index in [0.29, 0.717) is 44.9 Å².